The van der Waals surface area contributed by atoms with Crippen molar-refractivity contribution in [3.63, 3.8) is 0 Å². The number of hydrogen-bond acceptors (Lipinski definition) is 2. The van der Waals surface area contributed by atoms with E-state index in [-0.39, 0.29) is 0 Å². The molecule has 0 spiro atoms. The fourth-order valence-electron chi connectivity index (χ4n) is 1.61. The lowest BCUT2D eigenvalue weighted by Gasteiger charge is -2.14. The minimum atomic E-state index is 0.441. The molecule has 1 aromatic heterocycles. The smallest absolute Gasteiger partial charge is 0.126 e. The van der Waals surface area contributed by atoms with Gasteiger partial charge in [-0.25, -0.2) is 4.98 Å². The van der Waals surface area contributed by atoms with Crippen LogP contribution in [-0.4, -0.2) is 11.0 Å². The van der Waals surface area contributed by atoms with Crippen molar-refractivity contribution in [2.45, 2.75) is 39.7 Å². The van der Waals surface area contributed by atoms with Gasteiger partial charge < -0.3 is 5.32 Å². The summed E-state index contributed by atoms with van der Waals surface area (Å²) in [4.78, 5) is 4.45. The van der Waals surface area contributed by atoms with Gasteiger partial charge in [-0.3, -0.25) is 0 Å². The van der Waals surface area contributed by atoms with E-state index in [2.05, 4.69) is 42.9 Å². The number of nitrogens with one attached hydrogen (secondary N) is 1. The van der Waals surface area contributed by atoms with Crippen molar-refractivity contribution in [2.75, 3.05) is 5.32 Å². The van der Waals surface area contributed by atoms with Gasteiger partial charge in [0.1, 0.15) is 5.82 Å². The van der Waals surface area contributed by atoms with Crippen LogP contribution in [0.25, 0.3) is 0 Å². The quantitative estimate of drug-likeness (QED) is 0.743. The zero-order valence-electron chi connectivity index (χ0n) is 9.88. The maximum absolute atomic E-state index is 4.45. The van der Waals surface area contributed by atoms with E-state index >= 15 is 0 Å². The van der Waals surface area contributed by atoms with Crippen molar-refractivity contribution < 1.29 is 0 Å². The Labute approximate surface area is 92.4 Å². The Morgan fingerprint density at radius 2 is 2.20 bits per heavy atom. The van der Waals surface area contributed by atoms with E-state index in [1.54, 1.807) is 0 Å². The van der Waals surface area contributed by atoms with Crippen LogP contribution < -0.4 is 5.32 Å². The predicted molar refractivity (Wildman–Crippen MR) is 66.2 cm³/mol. The molecular formula is C13H20N2. The first-order chi connectivity index (χ1) is 7.11. The van der Waals surface area contributed by atoms with Gasteiger partial charge in [0.15, 0.2) is 0 Å². The summed E-state index contributed by atoms with van der Waals surface area (Å²) in [5.74, 6) is 0.976. The molecule has 0 radical (unpaired) electrons. The zero-order valence-corrected chi connectivity index (χ0v) is 9.88. The van der Waals surface area contributed by atoms with E-state index in [0.717, 1.165) is 24.4 Å². The Morgan fingerprint density at radius 1 is 1.47 bits per heavy atom. The minimum absolute atomic E-state index is 0.441. The number of aromatic nitrogens is 1. The summed E-state index contributed by atoms with van der Waals surface area (Å²) < 4.78 is 0. The molecule has 1 heterocycles. The largest absolute Gasteiger partial charge is 0.368 e. The standard InChI is InChI=1S/C13H20N2/c1-5-6-7-11(3)14-13-9-10(2)8-12(4)15-13/h5,8-9,11H,1,6-7H2,2-4H3,(H,14,15). The third-order valence-electron chi connectivity index (χ3n) is 2.30. The molecule has 15 heavy (non-hydrogen) atoms. The van der Waals surface area contributed by atoms with Gasteiger partial charge in [-0.05, 0) is 51.3 Å². The molecule has 0 aliphatic carbocycles. The van der Waals surface area contributed by atoms with Crippen molar-refractivity contribution in [1.82, 2.24) is 4.98 Å². The third kappa shape index (κ3) is 4.15. The highest BCUT2D eigenvalue weighted by Crippen LogP contribution is 2.11. The molecule has 0 aliphatic heterocycles. The molecule has 2 heteroatoms. The molecule has 0 bridgehead atoms. The second-order valence-corrected chi connectivity index (χ2v) is 4.08. The van der Waals surface area contributed by atoms with Crippen LogP contribution in [0.5, 0.6) is 0 Å². The molecule has 0 saturated heterocycles. The molecule has 82 valence electrons. The van der Waals surface area contributed by atoms with Crippen molar-refractivity contribution in [2.24, 2.45) is 0 Å². The number of aryl methyl sites for hydroxylation is 2. The summed E-state index contributed by atoms with van der Waals surface area (Å²) in [5, 5.41) is 3.40. The summed E-state index contributed by atoms with van der Waals surface area (Å²) in [6.07, 6.45) is 4.09. The second kappa shape index (κ2) is 5.54. The fraction of sp³-hybridized carbons (Fsp3) is 0.462. The van der Waals surface area contributed by atoms with Crippen LogP contribution >= 0.6 is 0 Å². The average Bonchev–Trinajstić information content (AvgIpc) is 2.13. The van der Waals surface area contributed by atoms with E-state index in [9.17, 15) is 0 Å². The predicted octanol–water partition coefficient (Wildman–Crippen LogP) is 3.47. The number of pyridine rings is 1. The number of allylic oxidation sites excluding steroid dienone is 1. The van der Waals surface area contributed by atoms with Crippen molar-refractivity contribution in [3.05, 3.63) is 36.0 Å². The molecule has 0 aromatic carbocycles. The molecule has 1 atom stereocenters. The van der Waals surface area contributed by atoms with E-state index in [1.165, 1.54) is 5.56 Å². The van der Waals surface area contributed by atoms with Crippen molar-refractivity contribution in [1.29, 1.82) is 0 Å². The van der Waals surface area contributed by atoms with E-state index in [4.69, 9.17) is 0 Å². The third-order valence-corrected chi connectivity index (χ3v) is 2.30. The van der Waals surface area contributed by atoms with Crippen LogP contribution in [0, 0.1) is 13.8 Å². The SMILES string of the molecule is C=CCCC(C)Nc1cc(C)cc(C)n1. The average molecular weight is 204 g/mol. The van der Waals surface area contributed by atoms with Gasteiger partial charge in [-0.1, -0.05) is 6.08 Å². The van der Waals surface area contributed by atoms with Gasteiger partial charge in [0, 0.05) is 11.7 Å². The first kappa shape index (κ1) is 11.8. The van der Waals surface area contributed by atoms with E-state index in [1.807, 2.05) is 13.0 Å². The van der Waals surface area contributed by atoms with Gasteiger partial charge >= 0.3 is 0 Å². The van der Waals surface area contributed by atoms with Crippen LogP contribution in [0.4, 0.5) is 5.82 Å². The Hall–Kier alpha value is -1.31. The Bertz CT molecular complexity index is 311. The molecule has 0 aliphatic rings. The highest BCUT2D eigenvalue weighted by molar-refractivity contribution is 5.39. The molecule has 2 nitrogen and oxygen atoms in total. The summed E-state index contributed by atoms with van der Waals surface area (Å²) in [5.41, 5.74) is 2.31. The van der Waals surface area contributed by atoms with Gasteiger partial charge in [-0.2, -0.15) is 0 Å². The van der Waals surface area contributed by atoms with Crippen LogP contribution in [0.3, 0.4) is 0 Å². The van der Waals surface area contributed by atoms with Crippen molar-refractivity contribution in [3.8, 4) is 0 Å². The molecule has 1 unspecified atom stereocenters. The van der Waals surface area contributed by atoms with Gasteiger partial charge in [-0.15, -0.1) is 6.58 Å². The van der Waals surface area contributed by atoms with Gasteiger partial charge in [0.2, 0.25) is 0 Å². The molecule has 0 fully saturated rings. The lowest BCUT2D eigenvalue weighted by atomic mass is 10.2. The highest BCUT2D eigenvalue weighted by atomic mass is 15.0. The summed E-state index contributed by atoms with van der Waals surface area (Å²) in [6, 6.07) is 4.61. The topological polar surface area (TPSA) is 24.9 Å². The summed E-state index contributed by atoms with van der Waals surface area (Å²) in [7, 11) is 0. The molecule has 0 saturated carbocycles. The lowest BCUT2D eigenvalue weighted by Crippen LogP contribution is -2.15. The second-order valence-electron chi connectivity index (χ2n) is 4.08. The molecular weight excluding hydrogens is 184 g/mol. The molecule has 1 N–H and O–H groups in total. The Morgan fingerprint density at radius 3 is 2.80 bits per heavy atom. The first-order valence-electron chi connectivity index (χ1n) is 5.44. The molecule has 1 aromatic rings. The van der Waals surface area contributed by atoms with E-state index < -0.39 is 0 Å². The number of hydrogen-bond donors (Lipinski definition) is 1. The Balaban J connectivity index is 2.59. The molecule has 0 amide bonds. The maximum Gasteiger partial charge on any atom is 0.126 e. The lowest BCUT2D eigenvalue weighted by molar-refractivity contribution is 0.715. The number of rotatable bonds is 5. The Kier molecular flexibility index (Phi) is 4.35. The number of nitrogens with zero attached hydrogens (tertiary/aromatic N) is 1. The van der Waals surface area contributed by atoms with Crippen LogP contribution in [0.2, 0.25) is 0 Å². The zero-order chi connectivity index (χ0) is 11.3. The van der Waals surface area contributed by atoms with Gasteiger partial charge in [0.25, 0.3) is 0 Å². The van der Waals surface area contributed by atoms with Crippen molar-refractivity contribution >= 4 is 5.82 Å². The minimum Gasteiger partial charge on any atom is -0.368 e. The first-order valence-corrected chi connectivity index (χ1v) is 5.44. The maximum atomic E-state index is 4.45. The van der Waals surface area contributed by atoms with Gasteiger partial charge in [0.05, 0.1) is 0 Å². The fourth-order valence-corrected chi connectivity index (χ4v) is 1.61. The molecule has 1 rings (SSSR count). The monoisotopic (exact) mass is 204 g/mol. The van der Waals surface area contributed by atoms with E-state index in [0.29, 0.717) is 6.04 Å². The van der Waals surface area contributed by atoms with Crippen LogP contribution in [0.1, 0.15) is 31.0 Å². The number of anilines is 1. The highest BCUT2D eigenvalue weighted by Gasteiger charge is 2.02. The summed E-state index contributed by atoms with van der Waals surface area (Å²) in [6.45, 7) is 10.0. The normalized spacial score (nSPS) is 12.2. The van der Waals surface area contributed by atoms with Crippen LogP contribution in [0.15, 0.2) is 24.8 Å². The summed E-state index contributed by atoms with van der Waals surface area (Å²) >= 11 is 0. The van der Waals surface area contributed by atoms with Crippen LogP contribution in [-0.2, 0) is 0 Å².